The lowest BCUT2D eigenvalue weighted by molar-refractivity contribution is -0.135. The van der Waals surface area contributed by atoms with E-state index in [1.54, 1.807) is 17.0 Å². The molecular weight excluding hydrogens is 291 g/mol. The average molecular weight is 313 g/mol. The van der Waals surface area contributed by atoms with Gasteiger partial charge >= 0.3 is 0 Å². The van der Waals surface area contributed by atoms with E-state index in [-0.39, 0.29) is 30.2 Å². The van der Waals surface area contributed by atoms with Crippen molar-refractivity contribution in [1.29, 1.82) is 0 Å². The summed E-state index contributed by atoms with van der Waals surface area (Å²) in [4.78, 5) is 14.3. The van der Waals surface area contributed by atoms with Gasteiger partial charge in [0.05, 0.1) is 12.6 Å². The Labute approximate surface area is 130 Å². The first-order valence-corrected chi connectivity index (χ1v) is 7.82. The molecule has 21 heavy (non-hydrogen) atoms. The molecule has 1 aromatic rings. The molecule has 0 aliphatic heterocycles. The minimum absolute atomic E-state index is 0.105. The van der Waals surface area contributed by atoms with Crippen LogP contribution in [0.25, 0.3) is 0 Å². The summed E-state index contributed by atoms with van der Waals surface area (Å²) in [5.74, 6) is -0.376. The monoisotopic (exact) mass is 312 g/mol. The largest absolute Gasteiger partial charge is 0.334 e. The van der Waals surface area contributed by atoms with Crippen molar-refractivity contribution < 1.29 is 9.18 Å². The molecule has 1 saturated carbocycles. The highest BCUT2D eigenvalue weighted by molar-refractivity contribution is 6.31. The van der Waals surface area contributed by atoms with Crippen molar-refractivity contribution in [2.24, 2.45) is 11.7 Å². The predicted molar refractivity (Wildman–Crippen MR) is 82.4 cm³/mol. The first-order chi connectivity index (χ1) is 9.95. The third-order valence-electron chi connectivity index (χ3n) is 4.20. The summed E-state index contributed by atoms with van der Waals surface area (Å²) in [6.45, 7) is 4.16. The molecule has 1 amide bonds. The summed E-state index contributed by atoms with van der Waals surface area (Å²) in [5, 5.41) is 0.352. The van der Waals surface area contributed by atoms with Gasteiger partial charge in [0.15, 0.2) is 0 Å². The zero-order valence-electron chi connectivity index (χ0n) is 12.5. The molecule has 1 aliphatic carbocycles. The minimum Gasteiger partial charge on any atom is -0.334 e. The van der Waals surface area contributed by atoms with Crippen LogP contribution in [0.1, 0.15) is 38.7 Å². The fraction of sp³-hybridized carbons (Fsp3) is 0.562. The number of nitrogens with zero attached hydrogens (tertiary/aromatic N) is 1. The van der Waals surface area contributed by atoms with Gasteiger partial charge in [-0.2, -0.15) is 0 Å². The van der Waals surface area contributed by atoms with Crippen LogP contribution >= 0.6 is 11.6 Å². The normalized spacial score (nSPS) is 17.4. The molecule has 2 atom stereocenters. The van der Waals surface area contributed by atoms with Crippen LogP contribution in [0.5, 0.6) is 0 Å². The second-order valence-corrected chi connectivity index (χ2v) is 6.22. The van der Waals surface area contributed by atoms with Crippen molar-refractivity contribution in [3.05, 3.63) is 34.6 Å². The van der Waals surface area contributed by atoms with Gasteiger partial charge in [-0.15, -0.1) is 0 Å². The van der Waals surface area contributed by atoms with E-state index < -0.39 is 6.04 Å². The molecule has 2 rings (SSSR count). The van der Waals surface area contributed by atoms with Gasteiger partial charge in [-0.1, -0.05) is 37.9 Å². The topological polar surface area (TPSA) is 46.3 Å². The Balaban J connectivity index is 2.18. The van der Waals surface area contributed by atoms with Crippen molar-refractivity contribution in [3.8, 4) is 0 Å². The summed E-state index contributed by atoms with van der Waals surface area (Å²) >= 11 is 6.06. The Morgan fingerprint density at radius 3 is 2.71 bits per heavy atom. The lowest BCUT2D eigenvalue weighted by atomic mass is 9.98. The molecule has 0 aromatic heterocycles. The maximum absolute atomic E-state index is 13.9. The van der Waals surface area contributed by atoms with Crippen molar-refractivity contribution >= 4 is 17.5 Å². The van der Waals surface area contributed by atoms with Crippen LogP contribution in [0, 0.1) is 11.7 Å². The van der Waals surface area contributed by atoms with Crippen molar-refractivity contribution in [2.75, 3.05) is 0 Å². The van der Waals surface area contributed by atoms with Crippen molar-refractivity contribution in [1.82, 2.24) is 4.90 Å². The van der Waals surface area contributed by atoms with Gasteiger partial charge in [-0.25, -0.2) is 4.39 Å². The fourth-order valence-electron chi connectivity index (χ4n) is 2.32. The van der Waals surface area contributed by atoms with Gasteiger partial charge in [0, 0.05) is 16.6 Å². The lowest BCUT2D eigenvalue weighted by Gasteiger charge is -2.28. The number of rotatable bonds is 6. The van der Waals surface area contributed by atoms with Crippen LogP contribution in [-0.4, -0.2) is 22.9 Å². The number of benzene rings is 1. The number of carbonyl (C=O) groups is 1. The molecule has 2 unspecified atom stereocenters. The Hall–Kier alpha value is -1.13. The van der Waals surface area contributed by atoms with Crippen LogP contribution in [-0.2, 0) is 11.3 Å². The highest BCUT2D eigenvalue weighted by Gasteiger charge is 2.36. The summed E-state index contributed by atoms with van der Waals surface area (Å²) in [5.41, 5.74) is 6.42. The molecule has 0 saturated heterocycles. The smallest absolute Gasteiger partial charge is 0.240 e. The summed E-state index contributed by atoms with van der Waals surface area (Å²) in [7, 11) is 0. The number of amides is 1. The molecule has 1 aliphatic rings. The van der Waals surface area contributed by atoms with Gasteiger partial charge in [0.25, 0.3) is 0 Å². The average Bonchev–Trinajstić information content (AvgIpc) is 3.29. The van der Waals surface area contributed by atoms with Crippen LogP contribution in [0.4, 0.5) is 4.39 Å². The van der Waals surface area contributed by atoms with Crippen molar-refractivity contribution in [3.63, 3.8) is 0 Å². The summed E-state index contributed by atoms with van der Waals surface area (Å²) in [6.07, 6.45) is 2.74. The quantitative estimate of drug-likeness (QED) is 0.875. The molecule has 0 spiro atoms. The highest BCUT2D eigenvalue weighted by atomic mass is 35.5. The molecule has 0 radical (unpaired) electrons. The fourth-order valence-corrected chi connectivity index (χ4v) is 2.54. The molecule has 116 valence electrons. The van der Waals surface area contributed by atoms with E-state index >= 15 is 0 Å². The Kier molecular flexibility index (Phi) is 5.22. The molecule has 3 nitrogen and oxygen atoms in total. The Morgan fingerprint density at radius 2 is 2.19 bits per heavy atom. The molecule has 1 aromatic carbocycles. The van der Waals surface area contributed by atoms with Crippen LogP contribution in [0.3, 0.4) is 0 Å². The number of halogens is 2. The van der Waals surface area contributed by atoms with E-state index in [1.807, 2.05) is 13.8 Å². The minimum atomic E-state index is -0.541. The van der Waals surface area contributed by atoms with E-state index in [0.29, 0.717) is 10.6 Å². The van der Waals surface area contributed by atoms with E-state index in [0.717, 1.165) is 19.3 Å². The number of hydrogen-bond acceptors (Lipinski definition) is 2. The summed E-state index contributed by atoms with van der Waals surface area (Å²) < 4.78 is 13.9. The molecule has 5 heteroatoms. The lowest BCUT2D eigenvalue weighted by Crippen LogP contribution is -2.47. The van der Waals surface area contributed by atoms with E-state index in [1.165, 1.54) is 6.07 Å². The maximum Gasteiger partial charge on any atom is 0.240 e. The highest BCUT2D eigenvalue weighted by Crippen LogP contribution is 2.31. The van der Waals surface area contributed by atoms with E-state index in [2.05, 4.69) is 0 Å². The van der Waals surface area contributed by atoms with E-state index in [4.69, 9.17) is 17.3 Å². The first-order valence-electron chi connectivity index (χ1n) is 7.44. The molecule has 1 fully saturated rings. The second-order valence-electron chi connectivity index (χ2n) is 5.81. The molecule has 0 heterocycles. The zero-order chi connectivity index (χ0) is 15.6. The third kappa shape index (κ3) is 3.74. The van der Waals surface area contributed by atoms with Gasteiger partial charge in [0.2, 0.25) is 5.91 Å². The van der Waals surface area contributed by atoms with Crippen LogP contribution in [0.2, 0.25) is 5.02 Å². The van der Waals surface area contributed by atoms with Gasteiger partial charge in [0.1, 0.15) is 5.82 Å². The molecule has 2 N–H and O–H groups in total. The Morgan fingerprint density at radius 1 is 1.52 bits per heavy atom. The predicted octanol–water partition coefficient (Wildman–Crippen LogP) is 3.34. The van der Waals surface area contributed by atoms with Gasteiger partial charge < -0.3 is 10.6 Å². The molecule has 0 bridgehead atoms. The summed E-state index contributed by atoms with van der Waals surface area (Å²) in [6, 6.07) is 4.20. The number of nitrogens with two attached hydrogens (primary N) is 1. The number of hydrogen-bond donors (Lipinski definition) is 1. The zero-order valence-corrected chi connectivity index (χ0v) is 13.2. The van der Waals surface area contributed by atoms with Crippen molar-refractivity contribution in [2.45, 2.75) is 51.7 Å². The first kappa shape index (κ1) is 16.2. The maximum atomic E-state index is 13.9. The van der Waals surface area contributed by atoms with Gasteiger partial charge in [-0.05, 0) is 30.9 Å². The van der Waals surface area contributed by atoms with E-state index in [9.17, 15) is 9.18 Å². The SMILES string of the molecule is CCC(C)C(N)C(=O)N(Cc1c(F)cccc1Cl)C1CC1. The molecular formula is C16H22ClFN2O. The second kappa shape index (κ2) is 6.75. The third-order valence-corrected chi connectivity index (χ3v) is 4.56. The van der Waals surface area contributed by atoms with Crippen LogP contribution < -0.4 is 5.73 Å². The Bertz CT molecular complexity index is 499. The van der Waals surface area contributed by atoms with Gasteiger partial charge in [-0.3, -0.25) is 4.79 Å². The van der Waals surface area contributed by atoms with Crippen LogP contribution in [0.15, 0.2) is 18.2 Å². The standard InChI is InChI=1S/C16H22ClFN2O/c1-3-10(2)15(19)16(21)20(11-7-8-11)9-12-13(17)5-4-6-14(12)18/h4-6,10-11,15H,3,7-9,19H2,1-2H3. The number of carbonyl (C=O) groups excluding carboxylic acids is 1.